The molecular weight excluding hydrogens is 258 g/mol. The first-order chi connectivity index (χ1) is 9.63. The molecule has 1 aromatic heterocycles. The maximum atomic E-state index is 12.1. The van der Waals surface area contributed by atoms with Gasteiger partial charge < -0.3 is 14.8 Å². The van der Waals surface area contributed by atoms with Crippen LogP contribution in [0.2, 0.25) is 0 Å². The number of carbonyl (C=O) groups is 1. The highest BCUT2D eigenvalue weighted by atomic mass is 16.5. The quantitative estimate of drug-likeness (QED) is 0.907. The van der Waals surface area contributed by atoms with Crippen molar-refractivity contribution in [2.45, 2.75) is 6.92 Å². The van der Waals surface area contributed by atoms with Gasteiger partial charge in [0.15, 0.2) is 0 Å². The molecule has 0 atom stereocenters. The summed E-state index contributed by atoms with van der Waals surface area (Å²) < 4.78 is 11.9. The molecule has 0 bridgehead atoms. The predicted octanol–water partition coefficient (Wildman–Crippen LogP) is 2.08. The Kier molecular flexibility index (Phi) is 4.24. The summed E-state index contributed by atoms with van der Waals surface area (Å²) in [7, 11) is 3.21. The van der Waals surface area contributed by atoms with Crippen molar-refractivity contribution in [1.82, 2.24) is 9.78 Å². The number of hydrogen-bond acceptors (Lipinski definition) is 4. The molecule has 6 heteroatoms. The van der Waals surface area contributed by atoms with E-state index in [1.807, 2.05) is 6.92 Å². The highest BCUT2D eigenvalue weighted by molar-refractivity contribution is 6.05. The summed E-state index contributed by atoms with van der Waals surface area (Å²) in [4.78, 5) is 12.1. The van der Waals surface area contributed by atoms with Gasteiger partial charge in [-0.15, -0.1) is 5.10 Å². The Balaban J connectivity index is 2.10. The van der Waals surface area contributed by atoms with Crippen LogP contribution in [-0.4, -0.2) is 29.4 Å². The zero-order valence-corrected chi connectivity index (χ0v) is 11.7. The first-order valence-corrected chi connectivity index (χ1v) is 6.26. The molecule has 0 unspecified atom stereocenters. The summed E-state index contributed by atoms with van der Waals surface area (Å²) in [6.07, 6.45) is 1.61. The molecule has 0 fully saturated rings. The van der Waals surface area contributed by atoms with Crippen LogP contribution in [0.15, 0.2) is 30.5 Å². The van der Waals surface area contributed by atoms with Gasteiger partial charge in [-0.3, -0.25) is 9.48 Å². The van der Waals surface area contributed by atoms with Crippen molar-refractivity contribution in [3.63, 3.8) is 0 Å². The summed E-state index contributed by atoms with van der Waals surface area (Å²) >= 11 is 0. The smallest absolute Gasteiger partial charge is 0.262 e. The molecule has 2 rings (SSSR count). The minimum atomic E-state index is -0.265. The number of aryl methyl sites for hydroxylation is 1. The van der Waals surface area contributed by atoms with Crippen LogP contribution in [0.1, 0.15) is 17.3 Å². The number of benzene rings is 1. The highest BCUT2D eigenvalue weighted by Crippen LogP contribution is 2.19. The van der Waals surface area contributed by atoms with Crippen LogP contribution >= 0.6 is 0 Å². The molecule has 2 aromatic rings. The van der Waals surface area contributed by atoms with Crippen LogP contribution in [0.3, 0.4) is 0 Å². The van der Waals surface area contributed by atoms with E-state index in [1.165, 1.54) is 11.8 Å². The van der Waals surface area contributed by atoms with E-state index >= 15 is 0 Å². The molecule has 1 heterocycles. The Morgan fingerprint density at radius 3 is 2.65 bits per heavy atom. The van der Waals surface area contributed by atoms with Gasteiger partial charge >= 0.3 is 0 Å². The van der Waals surface area contributed by atoms with Crippen LogP contribution in [0, 0.1) is 0 Å². The molecule has 0 aliphatic heterocycles. The van der Waals surface area contributed by atoms with Crippen LogP contribution in [0.5, 0.6) is 11.6 Å². The van der Waals surface area contributed by atoms with Crippen LogP contribution < -0.4 is 14.8 Å². The Hall–Kier alpha value is -2.50. The maximum Gasteiger partial charge on any atom is 0.262 e. The average Bonchev–Trinajstić information content (AvgIpc) is 2.82. The average molecular weight is 275 g/mol. The zero-order valence-electron chi connectivity index (χ0n) is 11.7. The van der Waals surface area contributed by atoms with E-state index in [0.717, 1.165) is 5.75 Å². The number of amides is 1. The van der Waals surface area contributed by atoms with Gasteiger partial charge in [0.2, 0.25) is 5.88 Å². The van der Waals surface area contributed by atoms with Gasteiger partial charge in [-0.05, 0) is 31.2 Å². The Labute approximate surface area is 117 Å². The second-order valence-electron chi connectivity index (χ2n) is 4.14. The minimum Gasteiger partial charge on any atom is -0.494 e. The van der Waals surface area contributed by atoms with Crippen molar-refractivity contribution in [2.75, 3.05) is 19.0 Å². The third-order valence-electron chi connectivity index (χ3n) is 2.66. The fourth-order valence-corrected chi connectivity index (χ4v) is 1.77. The topological polar surface area (TPSA) is 65.4 Å². The monoisotopic (exact) mass is 275 g/mol. The fourth-order valence-electron chi connectivity index (χ4n) is 1.77. The molecule has 0 aliphatic rings. The molecule has 1 aromatic carbocycles. The van der Waals surface area contributed by atoms with E-state index in [0.29, 0.717) is 23.7 Å². The van der Waals surface area contributed by atoms with Crippen molar-refractivity contribution in [3.8, 4) is 11.6 Å². The van der Waals surface area contributed by atoms with Gasteiger partial charge in [0.05, 0.1) is 13.7 Å². The third-order valence-corrected chi connectivity index (χ3v) is 2.66. The summed E-state index contributed by atoms with van der Waals surface area (Å²) in [5.74, 6) is 0.805. The van der Waals surface area contributed by atoms with Crippen molar-refractivity contribution in [1.29, 1.82) is 0 Å². The van der Waals surface area contributed by atoms with Gasteiger partial charge in [0.25, 0.3) is 5.91 Å². The molecule has 0 saturated heterocycles. The van der Waals surface area contributed by atoms with Gasteiger partial charge in [-0.2, -0.15) is 0 Å². The second kappa shape index (κ2) is 6.10. The first kappa shape index (κ1) is 13.9. The van der Waals surface area contributed by atoms with E-state index in [2.05, 4.69) is 10.4 Å². The normalized spacial score (nSPS) is 10.2. The Bertz CT molecular complexity index is 590. The van der Waals surface area contributed by atoms with Gasteiger partial charge in [-0.1, -0.05) is 0 Å². The number of nitrogens with one attached hydrogen (secondary N) is 1. The van der Waals surface area contributed by atoms with Crippen molar-refractivity contribution < 1.29 is 14.3 Å². The second-order valence-corrected chi connectivity index (χ2v) is 4.14. The van der Waals surface area contributed by atoms with Crippen LogP contribution in [0.25, 0.3) is 0 Å². The largest absolute Gasteiger partial charge is 0.494 e. The van der Waals surface area contributed by atoms with Crippen LogP contribution in [-0.2, 0) is 7.05 Å². The Morgan fingerprint density at radius 1 is 1.35 bits per heavy atom. The lowest BCUT2D eigenvalue weighted by atomic mass is 10.2. The molecule has 0 radical (unpaired) electrons. The lowest BCUT2D eigenvalue weighted by Gasteiger charge is -2.06. The van der Waals surface area contributed by atoms with E-state index < -0.39 is 0 Å². The van der Waals surface area contributed by atoms with E-state index in [-0.39, 0.29) is 5.91 Å². The highest BCUT2D eigenvalue weighted by Gasteiger charge is 2.16. The molecule has 20 heavy (non-hydrogen) atoms. The van der Waals surface area contributed by atoms with Crippen molar-refractivity contribution in [2.24, 2.45) is 7.05 Å². The minimum absolute atomic E-state index is 0.265. The standard InChI is InChI=1S/C14H17N3O3/c1-4-20-11-7-5-10(6-8-11)15-13(18)12-9-17(2)16-14(12)19-3/h5-9H,4H2,1-3H3,(H,15,18). The van der Waals surface area contributed by atoms with Crippen LogP contribution in [0.4, 0.5) is 5.69 Å². The number of aromatic nitrogens is 2. The molecule has 6 nitrogen and oxygen atoms in total. The first-order valence-electron chi connectivity index (χ1n) is 6.26. The summed E-state index contributed by atoms with van der Waals surface area (Å²) in [5, 5.41) is 6.83. The van der Waals surface area contributed by atoms with Crippen molar-refractivity contribution in [3.05, 3.63) is 36.0 Å². The number of methoxy groups -OCH3 is 1. The lowest BCUT2D eigenvalue weighted by molar-refractivity contribution is 0.102. The van der Waals surface area contributed by atoms with E-state index in [1.54, 1.807) is 37.5 Å². The van der Waals surface area contributed by atoms with E-state index in [9.17, 15) is 4.79 Å². The molecule has 1 amide bonds. The number of nitrogens with zero attached hydrogens (tertiary/aromatic N) is 2. The predicted molar refractivity (Wildman–Crippen MR) is 75.3 cm³/mol. The summed E-state index contributed by atoms with van der Waals surface area (Å²) in [5.41, 5.74) is 1.08. The molecule has 0 saturated carbocycles. The number of carbonyl (C=O) groups excluding carboxylic acids is 1. The summed E-state index contributed by atoms with van der Waals surface area (Å²) in [6, 6.07) is 7.18. The molecule has 0 aliphatic carbocycles. The zero-order chi connectivity index (χ0) is 14.5. The van der Waals surface area contributed by atoms with Gasteiger partial charge in [-0.25, -0.2) is 0 Å². The molecule has 1 N–H and O–H groups in total. The molecule has 106 valence electrons. The Morgan fingerprint density at radius 2 is 2.05 bits per heavy atom. The lowest BCUT2D eigenvalue weighted by Crippen LogP contribution is -2.12. The third kappa shape index (κ3) is 3.09. The maximum absolute atomic E-state index is 12.1. The van der Waals surface area contributed by atoms with Gasteiger partial charge in [0.1, 0.15) is 11.3 Å². The number of hydrogen-bond donors (Lipinski definition) is 1. The number of rotatable bonds is 5. The number of anilines is 1. The van der Waals surface area contributed by atoms with E-state index in [4.69, 9.17) is 9.47 Å². The molecular formula is C14H17N3O3. The summed E-state index contributed by atoms with van der Waals surface area (Å²) in [6.45, 7) is 2.53. The number of ether oxygens (including phenoxy) is 2. The van der Waals surface area contributed by atoms with Gasteiger partial charge in [0, 0.05) is 18.9 Å². The van der Waals surface area contributed by atoms with Crippen molar-refractivity contribution >= 4 is 11.6 Å². The molecule has 0 spiro atoms. The SMILES string of the molecule is CCOc1ccc(NC(=O)c2cn(C)nc2OC)cc1. The fraction of sp³-hybridized carbons (Fsp3) is 0.286.